The summed E-state index contributed by atoms with van der Waals surface area (Å²) in [6.45, 7) is 4.54. The van der Waals surface area contributed by atoms with Crippen molar-refractivity contribution in [2.75, 3.05) is 18.0 Å². The van der Waals surface area contributed by atoms with Crippen LogP contribution in [-0.2, 0) is 5.88 Å². The van der Waals surface area contributed by atoms with Gasteiger partial charge in [0, 0.05) is 29.4 Å². The van der Waals surface area contributed by atoms with Gasteiger partial charge < -0.3 is 4.90 Å². The van der Waals surface area contributed by atoms with E-state index in [0.29, 0.717) is 5.88 Å². The summed E-state index contributed by atoms with van der Waals surface area (Å²) in [6, 6.07) is 6.07. The molecule has 0 N–H and O–H groups in total. The molecule has 1 atom stereocenters. The van der Waals surface area contributed by atoms with Crippen LogP contribution >= 0.6 is 23.2 Å². The summed E-state index contributed by atoms with van der Waals surface area (Å²) in [4.78, 5) is 2.43. The topological polar surface area (TPSA) is 3.24 Å². The normalized spacial score (nSPS) is 19.9. The van der Waals surface area contributed by atoms with Gasteiger partial charge in [0.05, 0.1) is 5.88 Å². The van der Waals surface area contributed by atoms with Crippen molar-refractivity contribution >= 4 is 28.9 Å². The van der Waals surface area contributed by atoms with Crippen LogP contribution in [0.3, 0.4) is 0 Å². The maximum Gasteiger partial charge on any atom is 0.0509 e. The molecule has 1 aliphatic rings. The van der Waals surface area contributed by atoms with Crippen LogP contribution in [0.4, 0.5) is 5.69 Å². The minimum atomic E-state index is 0.490. The molecule has 1 aromatic rings. The van der Waals surface area contributed by atoms with E-state index >= 15 is 0 Å². The Bertz CT molecular complexity index is 378. The van der Waals surface area contributed by atoms with Crippen LogP contribution in [0.2, 0.25) is 5.02 Å². The summed E-state index contributed by atoms with van der Waals surface area (Å²) in [7, 11) is 0. The summed E-state index contributed by atoms with van der Waals surface area (Å²) in [5.74, 6) is 1.33. The molecule has 1 fully saturated rings. The molecule has 0 aliphatic carbocycles. The van der Waals surface area contributed by atoms with Crippen LogP contribution in [-0.4, -0.2) is 13.1 Å². The summed E-state index contributed by atoms with van der Waals surface area (Å²) in [5.41, 5.74) is 2.30. The maximum absolute atomic E-state index is 6.19. The SMILES string of the molecule is CCCC1CCN(c2cccc(Cl)c2CCl)C1. The summed E-state index contributed by atoms with van der Waals surface area (Å²) >= 11 is 12.2. The van der Waals surface area contributed by atoms with Crippen molar-refractivity contribution in [3.05, 3.63) is 28.8 Å². The van der Waals surface area contributed by atoms with Crippen LogP contribution in [0.1, 0.15) is 31.7 Å². The third kappa shape index (κ3) is 2.89. The van der Waals surface area contributed by atoms with Crippen LogP contribution in [0, 0.1) is 5.92 Å². The summed E-state index contributed by atoms with van der Waals surface area (Å²) in [5, 5.41) is 0.788. The molecular weight excluding hydrogens is 253 g/mol. The second-order valence-electron chi connectivity index (χ2n) is 4.76. The summed E-state index contributed by atoms with van der Waals surface area (Å²) in [6.07, 6.45) is 3.89. The number of hydrogen-bond donors (Lipinski definition) is 0. The number of nitrogens with zero attached hydrogens (tertiary/aromatic N) is 1. The zero-order valence-electron chi connectivity index (χ0n) is 10.3. The van der Waals surface area contributed by atoms with Gasteiger partial charge in [-0.3, -0.25) is 0 Å². The number of benzene rings is 1. The van der Waals surface area contributed by atoms with Crippen molar-refractivity contribution in [3.8, 4) is 0 Å². The molecule has 0 amide bonds. The molecule has 1 heterocycles. The van der Waals surface area contributed by atoms with Crippen molar-refractivity contribution in [3.63, 3.8) is 0 Å². The highest BCUT2D eigenvalue weighted by atomic mass is 35.5. The van der Waals surface area contributed by atoms with E-state index < -0.39 is 0 Å². The Hall–Kier alpha value is -0.400. The Morgan fingerprint density at radius 2 is 2.24 bits per heavy atom. The smallest absolute Gasteiger partial charge is 0.0509 e. The minimum absolute atomic E-state index is 0.490. The van der Waals surface area contributed by atoms with Crippen molar-refractivity contribution in [1.82, 2.24) is 0 Å². The van der Waals surface area contributed by atoms with Gasteiger partial charge in [0.25, 0.3) is 0 Å². The van der Waals surface area contributed by atoms with E-state index in [1.54, 1.807) is 0 Å². The molecule has 1 unspecified atom stereocenters. The first-order chi connectivity index (χ1) is 8.26. The molecule has 0 saturated carbocycles. The Labute approximate surface area is 114 Å². The highest BCUT2D eigenvalue weighted by Gasteiger charge is 2.23. The Morgan fingerprint density at radius 3 is 2.94 bits per heavy atom. The Kier molecular flexibility index (Phi) is 4.58. The molecule has 3 heteroatoms. The lowest BCUT2D eigenvalue weighted by Gasteiger charge is -2.22. The van der Waals surface area contributed by atoms with E-state index in [4.69, 9.17) is 23.2 Å². The predicted molar refractivity (Wildman–Crippen MR) is 76.2 cm³/mol. The van der Waals surface area contributed by atoms with E-state index in [0.717, 1.165) is 29.6 Å². The van der Waals surface area contributed by atoms with Gasteiger partial charge in [-0.2, -0.15) is 0 Å². The first-order valence-electron chi connectivity index (χ1n) is 6.34. The Morgan fingerprint density at radius 1 is 1.41 bits per heavy atom. The number of anilines is 1. The van der Waals surface area contributed by atoms with Gasteiger partial charge in [0.1, 0.15) is 0 Å². The fraction of sp³-hybridized carbons (Fsp3) is 0.571. The van der Waals surface area contributed by atoms with Crippen molar-refractivity contribution in [2.45, 2.75) is 32.1 Å². The average Bonchev–Trinajstić information content (AvgIpc) is 2.78. The lowest BCUT2D eigenvalue weighted by atomic mass is 10.0. The third-order valence-electron chi connectivity index (χ3n) is 3.55. The standard InChI is InChI=1S/C14H19Cl2N/c1-2-4-11-7-8-17(10-11)14-6-3-5-13(16)12(14)9-15/h3,5-6,11H,2,4,7-10H2,1H3. The molecule has 94 valence electrons. The van der Waals surface area contributed by atoms with Crippen LogP contribution < -0.4 is 4.90 Å². The molecule has 1 aromatic carbocycles. The molecule has 0 aromatic heterocycles. The van der Waals surface area contributed by atoms with Crippen LogP contribution in [0.5, 0.6) is 0 Å². The van der Waals surface area contributed by atoms with Gasteiger partial charge in [-0.1, -0.05) is 31.0 Å². The highest BCUT2D eigenvalue weighted by Crippen LogP contribution is 2.33. The van der Waals surface area contributed by atoms with Crippen molar-refractivity contribution < 1.29 is 0 Å². The lowest BCUT2D eigenvalue weighted by Crippen LogP contribution is -2.20. The second kappa shape index (κ2) is 5.97. The van der Waals surface area contributed by atoms with Gasteiger partial charge in [0.2, 0.25) is 0 Å². The molecule has 0 spiro atoms. The average molecular weight is 272 g/mol. The van der Waals surface area contributed by atoms with E-state index in [1.807, 2.05) is 12.1 Å². The summed E-state index contributed by atoms with van der Waals surface area (Å²) < 4.78 is 0. The molecule has 1 aliphatic heterocycles. The third-order valence-corrected chi connectivity index (χ3v) is 4.17. The first-order valence-corrected chi connectivity index (χ1v) is 7.25. The zero-order valence-corrected chi connectivity index (χ0v) is 11.8. The maximum atomic E-state index is 6.19. The monoisotopic (exact) mass is 271 g/mol. The fourth-order valence-electron chi connectivity index (χ4n) is 2.67. The molecule has 0 bridgehead atoms. The quantitative estimate of drug-likeness (QED) is 0.718. The number of halogens is 2. The molecular formula is C14H19Cl2N. The van der Waals surface area contributed by atoms with Crippen LogP contribution in [0.15, 0.2) is 18.2 Å². The number of alkyl halides is 1. The zero-order chi connectivity index (χ0) is 12.3. The first kappa shape index (κ1) is 13.0. The fourth-order valence-corrected chi connectivity index (χ4v) is 3.26. The second-order valence-corrected chi connectivity index (χ2v) is 5.43. The number of rotatable bonds is 4. The Balaban J connectivity index is 2.15. The van der Waals surface area contributed by atoms with Gasteiger partial charge >= 0.3 is 0 Å². The van der Waals surface area contributed by atoms with E-state index in [2.05, 4.69) is 17.9 Å². The molecule has 2 rings (SSSR count). The highest BCUT2D eigenvalue weighted by molar-refractivity contribution is 6.32. The van der Waals surface area contributed by atoms with E-state index in [-0.39, 0.29) is 0 Å². The van der Waals surface area contributed by atoms with Crippen molar-refractivity contribution in [2.24, 2.45) is 5.92 Å². The van der Waals surface area contributed by atoms with Crippen molar-refractivity contribution in [1.29, 1.82) is 0 Å². The van der Waals surface area contributed by atoms with Crippen LogP contribution in [0.25, 0.3) is 0 Å². The van der Waals surface area contributed by atoms with E-state index in [1.165, 1.54) is 24.9 Å². The van der Waals surface area contributed by atoms with E-state index in [9.17, 15) is 0 Å². The lowest BCUT2D eigenvalue weighted by molar-refractivity contribution is 0.530. The molecule has 17 heavy (non-hydrogen) atoms. The van der Waals surface area contributed by atoms with Gasteiger partial charge in [-0.15, -0.1) is 11.6 Å². The molecule has 0 radical (unpaired) electrons. The predicted octanol–water partition coefficient (Wildman–Crippen LogP) is 4.71. The van der Waals surface area contributed by atoms with Gasteiger partial charge in [-0.05, 0) is 30.9 Å². The minimum Gasteiger partial charge on any atom is -0.371 e. The number of hydrogen-bond acceptors (Lipinski definition) is 1. The van der Waals surface area contributed by atoms with Gasteiger partial charge in [0.15, 0.2) is 0 Å². The van der Waals surface area contributed by atoms with Gasteiger partial charge in [-0.25, -0.2) is 0 Å². The molecule has 1 saturated heterocycles. The molecule has 1 nitrogen and oxygen atoms in total. The largest absolute Gasteiger partial charge is 0.371 e.